The number of nitrogens with two attached hydrogens (primary N) is 1. The molecule has 0 aliphatic heterocycles. The second-order valence-electron chi connectivity index (χ2n) is 3.61. The van der Waals surface area contributed by atoms with E-state index in [-0.39, 0.29) is 0 Å². The number of rotatable bonds is 1. The van der Waals surface area contributed by atoms with Gasteiger partial charge in [0.25, 0.3) is 0 Å². The Morgan fingerprint density at radius 3 is 2.58 bits per heavy atom. The lowest BCUT2D eigenvalue weighted by Crippen LogP contribution is -2.34. The quantitative estimate of drug-likeness (QED) is 0.653. The Hall–Kier alpha value is -0.960. The molecule has 0 radical (unpaired) electrons. The monoisotopic (exact) mass is 166 g/mol. The fourth-order valence-corrected chi connectivity index (χ4v) is 1.72. The highest BCUT2D eigenvalue weighted by molar-refractivity contribution is 5.46. The summed E-state index contributed by atoms with van der Waals surface area (Å²) in [6.45, 7) is 0. The lowest BCUT2D eigenvalue weighted by molar-refractivity contribution is -0.0380. The molecule has 0 aromatic carbocycles. The molecule has 0 saturated heterocycles. The molecule has 1 aromatic heterocycles. The number of hydrogen-bond acceptors (Lipinski definition) is 2. The van der Waals surface area contributed by atoms with Crippen molar-refractivity contribution in [2.45, 2.75) is 24.9 Å². The SMILES string of the molecule is Cn1ccc(C2(O)CCC2)c1N. The van der Waals surface area contributed by atoms with Crippen molar-refractivity contribution < 1.29 is 5.11 Å². The van der Waals surface area contributed by atoms with E-state index in [1.165, 1.54) is 0 Å². The van der Waals surface area contributed by atoms with Gasteiger partial charge in [0.2, 0.25) is 0 Å². The summed E-state index contributed by atoms with van der Waals surface area (Å²) in [4.78, 5) is 0. The molecular weight excluding hydrogens is 152 g/mol. The molecular formula is C9H14N2O. The number of aromatic nitrogens is 1. The van der Waals surface area contributed by atoms with Crippen LogP contribution in [0, 0.1) is 0 Å². The maximum atomic E-state index is 9.98. The van der Waals surface area contributed by atoms with Gasteiger partial charge in [-0.15, -0.1) is 0 Å². The summed E-state index contributed by atoms with van der Waals surface area (Å²) in [5.74, 6) is 0.692. The average molecular weight is 166 g/mol. The van der Waals surface area contributed by atoms with Crippen molar-refractivity contribution in [1.82, 2.24) is 4.57 Å². The molecule has 1 fully saturated rings. The van der Waals surface area contributed by atoms with Crippen LogP contribution in [-0.2, 0) is 12.6 Å². The van der Waals surface area contributed by atoms with Gasteiger partial charge in [0, 0.05) is 18.8 Å². The lowest BCUT2D eigenvalue weighted by Gasteiger charge is -2.36. The molecule has 0 atom stereocenters. The molecule has 0 amide bonds. The molecule has 3 nitrogen and oxygen atoms in total. The molecule has 1 aliphatic carbocycles. The summed E-state index contributed by atoms with van der Waals surface area (Å²) >= 11 is 0. The van der Waals surface area contributed by atoms with E-state index < -0.39 is 5.60 Å². The molecule has 2 rings (SSSR count). The van der Waals surface area contributed by atoms with Gasteiger partial charge in [-0.1, -0.05) is 0 Å². The molecule has 1 aliphatic rings. The minimum atomic E-state index is -0.620. The molecule has 0 spiro atoms. The van der Waals surface area contributed by atoms with E-state index in [1.54, 1.807) is 0 Å². The third-order valence-corrected chi connectivity index (χ3v) is 2.80. The Morgan fingerprint density at radius 2 is 2.25 bits per heavy atom. The Balaban J connectivity index is 2.39. The summed E-state index contributed by atoms with van der Waals surface area (Å²) in [6, 6.07) is 1.91. The minimum Gasteiger partial charge on any atom is -0.385 e. The van der Waals surface area contributed by atoms with E-state index in [9.17, 15) is 5.11 Å². The second-order valence-corrected chi connectivity index (χ2v) is 3.61. The van der Waals surface area contributed by atoms with Crippen LogP contribution in [0.1, 0.15) is 24.8 Å². The van der Waals surface area contributed by atoms with Crippen LogP contribution in [-0.4, -0.2) is 9.67 Å². The molecule has 12 heavy (non-hydrogen) atoms. The van der Waals surface area contributed by atoms with Crippen molar-refractivity contribution in [1.29, 1.82) is 0 Å². The zero-order valence-corrected chi connectivity index (χ0v) is 7.25. The van der Waals surface area contributed by atoms with Crippen LogP contribution in [0.5, 0.6) is 0 Å². The summed E-state index contributed by atoms with van der Waals surface area (Å²) < 4.78 is 1.84. The minimum absolute atomic E-state index is 0.620. The predicted octanol–water partition coefficient (Wildman–Crippen LogP) is 0.979. The van der Waals surface area contributed by atoms with Crippen molar-refractivity contribution >= 4 is 5.82 Å². The van der Waals surface area contributed by atoms with Crippen LogP contribution in [0.25, 0.3) is 0 Å². The van der Waals surface area contributed by atoms with Crippen LogP contribution in [0.15, 0.2) is 12.3 Å². The van der Waals surface area contributed by atoms with E-state index in [1.807, 2.05) is 23.9 Å². The van der Waals surface area contributed by atoms with Gasteiger partial charge in [0.05, 0.1) is 5.60 Å². The van der Waals surface area contributed by atoms with E-state index in [0.29, 0.717) is 5.82 Å². The highest BCUT2D eigenvalue weighted by Crippen LogP contribution is 2.43. The first-order valence-electron chi connectivity index (χ1n) is 4.27. The highest BCUT2D eigenvalue weighted by atomic mass is 16.3. The van der Waals surface area contributed by atoms with E-state index >= 15 is 0 Å². The Bertz CT molecular complexity index is 299. The highest BCUT2D eigenvalue weighted by Gasteiger charge is 2.38. The van der Waals surface area contributed by atoms with Gasteiger partial charge >= 0.3 is 0 Å². The maximum Gasteiger partial charge on any atom is 0.109 e. The van der Waals surface area contributed by atoms with Crippen molar-refractivity contribution in [2.75, 3.05) is 5.73 Å². The Kier molecular flexibility index (Phi) is 1.45. The van der Waals surface area contributed by atoms with Crippen LogP contribution < -0.4 is 5.73 Å². The first kappa shape index (κ1) is 7.68. The number of aryl methyl sites for hydroxylation is 1. The second kappa shape index (κ2) is 2.26. The van der Waals surface area contributed by atoms with Crippen molar-refractivity contribution in [3.05, 3.63) is 17.8 Å². The maximum absolute atomic E-state index is 9.98. The zero-order valence-electron chi connectivity index (χ0n) is 7.25. The van der Waals surface area contributed by atoms with E-state index in [2.05, 4.69) is 0 Å². The third-order valence-electron chi connectivity index (χ3n) is 2.80. The number of anilines is 1. The zero-order chi connectivity index (χ0) is 8.77. The number of nitrogens with zero attached hydrogens (tertiary/aromatic N) is 1. The fourth-order valence-electron chi connectivity index (χ4n) is 1.72. The molecule has 1 saturated carbocycles. The van der Waals surface area contributed by atoms with E-state index in [4.69, 9.17) is 5.73 Å². The van der Waals surface area contributed by atoms with Gasteiger partial charge in [0.15, 0.2) is 0 Å². The topological polar surface area (TPSA) is 51.2 Å². The molecule has 0 bridgehead atoms. The van der Waals surface area contributed by atoms with Crippen LogP contribution >= 0.6 is 0 Å². The summed E-state index contributed by atoms with van der Waals surface area (Å²) in [5.41, 5.74) is 6.08. The predicted molar refractivity (Wildman–Crippen MR) is 47.6 cm³/mol. The number of aliphatic hydroxyl groups is 1. The molecule has 3 N–H and O–H groups in total. The van der Waals surface area contributed by atoms with E-state index in [0.717, 1.165) is 24.8 Å². The van der Waals surface area contributed by atoms with Crippen LogP contribution in [0.2, 0.25) is 0 Å². The fraction of sp³-hybridized carbons (Fsp3) is 0.556. The van der Waals surface area contributed by atoms with Gasteiger partial charge in [-0.05, 0) is 25.3 Å². The molecule has 3 heteroatoms. The standard InChI is InChI=1S/C9H14N2O/c1-11-6-3-7(8(11)10)9(12)4-2-5-9/h3,6,12H,2,4-5,10H2,1H3. The normalized spacial score (nSPS) is 20.5. The van der Waals surface area contributed by atoms with Gasteiger partial charge in [-0.2, -0.15) is 0 Å². The Morgan fingerprint density at radius 1 is 1.58 bits per heavy atom. The molecule has 1 aromatic rings. The van der Waals surface area contributed by atoms with Crippen LogP contribution in [0.4, 0.5) is 5.82 Å². The summed E-state index contributed by atoms with van der Waals surface area (Å²) in [5, 5.41) is 9.98. The summed E-state index contributed by atoms with van der Waals surface area (Å²) in [6.07, 6.45) is 4.69. The van der Waals surface area contributed by atoms with Crippen molar-refractivity contribution in [2.24, 2.45) is 7.05 Å². The largest absolute Gasteiger partial charge is 0.385 e. The third kappa shape index (κ3) is 0.862. The van der Waals surface area contributed by atoms with Crippen molar-refractivity contribution in [3.63, 3.8) is 0 Å². The number of nitrogen functional groups attached to an aromatic ring is 1. The average Bonchev–Trinajstić information content (AvgIpc) is 2.29. The van der Waals surface area contributed by atoms with Gasteiger partial charge in [-0.25, -0.2) is 0 Å². The first-order chi connectivity index (χ1) is 5.63. The molecule has 1 heterocycles. The van der Waals surface area contributed by atoms with Gasteiger partial charge in [0.1, 0.15) is 5.82 Å². The summed E-state index contributed by atoms with van der Waals surface area (Å²) in [7, 11) is 1.89. The van der Waals surface area contributed by atoms with Gasteiger partial charge < -0.3 is 15.4 Å². The van der Waals surface area contributed by atoms with Crippen LogP contribution in [0.3, 0.4) is 0 Å². The smallest absolute Gasteiger partial charge is 0.109 e. The lowest BCUT2D eigenvalue weighted by atomic mass is 9.76. The number of hydrogen-bond donors (Lipinski definition) is 2. The molecule has 66 valence electrons. The first-order valence-corrected chi connectivity index (χ1v) is 4.27. The molecule has 0 unspecified atom stereocenters. The Labute approximate surface area is 71.8 Å². The van der Waals surface area contributed by atoms with Gasteiger partial charge in [-0.3, -0.25) is 0 Å². The van der Waals surface area contributed by atoms with Crippen molar-refractivity contribution in [3.8, 4) is 0 Å².